The van der Waals surface area contributed by atoms with Gasteiger partial charge in [0.25, 0.3) is 0 Å². The monoisotopic (exact) mass is 117 g/mol. The van der Waals surface area contributed by atoms with Crippen molar-refractivity contribution in [2.24, 2.45) is 0 Å². The molecule has 1 rings (SSSR count). The van der Waals surface area contributed by atoms with Gasteiger partial charge in [0, 0.05) is 18.0 Å². The van der Waals surface area contributed by atoms with Gasteiger partial charge in [0.1, 0.15) is 0 Å². The van der Waals surface area contributed by atoms with Crippen LogP contribution in [0.25, 0.3) is 0 Å². The minimum Gasteiger partial charge on any atom is -0.263 e. The van der Waals surface area contributed by atoms with Crippen molar-refractivity contribution >= 4 is 0 Å². The van der Waals surface area contributed by atoms with Crippen molar-refractivity contribution in [1.82, 2.24) is 4.98 Å². The van der Waals surface area contributed by atoms with Crippen molar-refractivity contribution in [3.63, 3.8) is 0 Å². The van der Waals surface area contributed by atoms with Crippen LogP contribution in [0.3, 0.4) is 0 Å². The molecule has 0 saturated carbocycles. The Labute approximate surface area is 54.7 Å². The molecule has 0 atom stereocenters. The van der Waals surface area contributed by atoms with Gasteiger partial charge >= 0.3 is 0 Å². The van der Waals surface area contributed by atoms with E-state index in [9.17, 15) is 0 Å². The molecule has 0 fully saturated rings. The summed E-state index contributed by atoms with van der Waals surface area (Å²) in [5.74, 6) is 5.69. The predicted molar refractivity (Wildman–Crippen MR) is 36.8 cm³/mol. The molecule has 0 amide bonds. The second kappa shape index (κ2) is 2.88. The van der Waals surface area contributed by atoms with Gasteiger partial charge in [0.2, 0.25) is 0 Å². The van der Waals surface area contributed by atoms with Crippen LogP contribution in [0.15, 0.2) is 24.5 Å². The van der Waals surface area contributed by atoms with E-state index < -0.39 is 0 Å². The molecule has 1 nitrogen and oxygen atoms in total. The van der Waals surface area contributed by atoms with Crippen molar-refractivity contribution in [3.05, 3.63) is 30.1 Å². The lowest BCUT2D eigenvalue weighted by atomic mass is 10.3. The number of aromatic nitrogens is 1. The molecule has 0 N–H and O–H groups in total. The predicted octanol–water partition coefficient (Wildman–Crippen LogP) is 1.45. The fourth-order valence-corrected chi connectivity index (χ4v) is 0.581. The van der Waals surface area contributed by atoms with Gasteiger partial charge in [0.05, 0.1) is 0 Å². The lowest BCUT2D eigenvalue weighted by molar-refractivity contribution is 1.31. The van der Waals surface area contributed by atoms with E-state index in [0.29, 0.717) is 0 Å². The van der Waals surface area contributed by atoms with Gasteiger partial charge in [-0.3, -0.25) is 4.98 Å². The van der Waals surface area contributed by atoms with E-state index in [2.05, 4.69) is 16.8 Å². The first-order chi connectivity index (χ1) is 4.43. The summed E-state index contributed by atoms with van der Waals surface area (Å²) in [5.41, 5.74) is 0.972. The Bertz CT molecular complexity index is 228. The molecule has 0 aliphatic rings. The molecule has 0 spiro atoms. The standard InChI is InChI=1S/C8H7N/c1-2-4-8-5-3-6-9-7-8/h3,5-7H,1H3. The van der Waals surface area contributed by atoms with Gasteiger partial charge in [-0.15, -0.1) is 5.92 Å². The Morgan fingerprint density at radius 2 is 2.44 bits per heavy atom. The summed E-state index contributed by atoms with van der Waals surface area (Å²) in [6.45, 7) is 1.81. The highest BCUT2D eigenvalue weighted by molar-refractivity contribution is 5.30. The van der Waals surface area contributed by atoms with Crippen molar-refractivity contribution in [1.29, 1.82) is 0 Å². The third-order valence-corrected chi connectivity index (χ3v) is 0.931. The molecular weight excluding hydrogens is 110 g/mol. The van der Waals surface area contributed by atoms with Gasteiger partial charge in [0.15, 0.2) is 0 Å². The molecule has 1 heteroatoms. The second-order valence-electron chi connectivity index (χ2n) is 1.62. The summed E-state index contributed by atoms with van der Waals surface area (Å²) in [6, 6.07) is 3.81. The highest BCUT2D eigenvalue weighted by Gasteiger charge is 1.78. The number of nitrogens with zero attached hydrogens (tertiary/aromatic N) is 1. The zero-order valence-corrected chi connectivity index (χ0v) is 5.26. The summed E-state index contributed by atoms with van der Waals surface area (Å²) in [5, 5.41) is 0. The fourth-order valence-electron chi connectivity index (χ4n) is 0.581. The molecular formula is C8H7N. The molecule has 0 aromatic carbocycles. The average molecular weight is 117 g/mol. The maximum absolute atomic E-state index is 3.90. The third kappa shape index (κ3) is 1.58. The Kier molecular flexibility index (Phi) is 1.87. The SMILES string of the molecule is CC#Cc1cccnc1. The van der Waals surface area contributed by atoms with Crippen LogP contribution < -0.4 is 0 Å². The van der Waals surface area contributed by atoms with Crippen LogP contribution in [0.5, 0.6) is 0 Å². The lowest BCUT2D eigenvalue weighted by Crippen LogP contribution is -1.73. The number of hydrogen-bond donors (Lipinski definition) is 0. The molecule has 9 heavy (non-hydrogen) atoms. The number of hydrogen-bond acceptors (Lipinski definition) is 1. The summed E-state index contributed by atoms with van der Waals surface area (Å²) in [7, 11) is 0. The van der Waals surface area contributed by atoms with Gasteiger partial charge < -0.3 is 0 Å². The molecule has 0 aliphatic heterocycles. The smallest absolute Gasteiger partial charge is 0.0428 e. The summed E-state index contributed by atoms with van der Waals surface area (Å²) < 4.78 is 0. The van der Waals surface area contributed by atoms with E-state index in [4.69, 9.17) is 0 Å². The van der Waals surface area contributed by atoms with Gasteiger partial charge in [-0.05, 0) is 19.1 Å². The minimum atomic E-state index is 0.972. The number of rotatable bonds is 0. The topological polar surface area (TPSA) is 12.9 Å². The highest BCUT2D eigenvalue weighted by Crippen LogP contribution is 1.90. The van der Waals surface area contributed by atoms with Crippen molar-refractivity contribution in [3.8, 4) is 11.8 Å². The third-order valence-electron chi connectivity index (χ3n) is 0.931. The summed E-state index contributed by atoms with van der Waals surface area (Å²) >= 11 is 0. The van der Waals surface area contributed by atoms with E-state index in [1.165, 1.54) is 0 Å². The Morgan fingerprint density at radius 1 is 1.56 bits per heavy atom. The highest BCUT2D eigenvalue weighted by atomic mass is 14.6. The first-order valence-electron chi connectivity index (χ1n) is 2.76. The summed E-state index contributed by atoms with van der Waals surface area (Å²) in [6.07, 6.45) is 3.48. The largest absolute Gasteiger partial charge is 0.263 e. The van der Waals surface area contributed by atoms with Crippen LogP contribution in [0.2, 0.25) is 0 Å². The van der Waals surface area contributed by atoms with Crippen molar-refractivity contribution < 1.29 is 0 Å². The van der Waals surface area contributed by atoms with Gasteiger partial charge in [-0.1, -0.05) is 5.92 Å². The molecule has 0 radical (unpaired) electrons. The number of pyridine rings is 1. The minimum absolute atomic E-state index is 0.972. The molecule has 1 heterocycles. The van der Waals surface area contributed by atoms with Gasteiger partial charge in [-0.25, -0.2) is 0 Å². The Hall–Kier alpha value is -1.29. The van der Waals surface area contributed by atoms with Crippen molar-refractivity contribution in [2.75, 3.05) is 0 Å². The van der Waals surface area contributed by atoms with Crippen LogP contribution in [-0.2, 0) is 0 Å². The zero-order chi connectivity index (χ0) is 6.53. The Morgan fingerprint density at radius 3 is 3.00 bits per heavy atom. The van der Waals surface area contributed by atoms with E-state index in [0.717, 1.165) is 5.56 Å². The van der Waals surface area contributed by atoms with E-state index in [-0.39, 0.29) is 0 Å². The lowest BCUT2D eigenvalue weighted by Gasteiger charge is -1.82. The molecule has 1 aromatic rings. The summed E-state index contributed by atoms with van der Waals surface area (Å²) in [4.78, 5) is 3.90. The maximum Gasteiger partial charge on any atom is 0.0428 e. The quantitative estimate of drug-likeness (QED) is 0.469. The second-order valence-corrected chi connectivity index (χ2v) is 1.62. The van der Waals surface area contributed by atoms with E-state index in [1.54, 1.807) is 12.4 Å². The van der Waals surface area contributed by atoms with Crippen LogP contribution in [0.4, 0.5) is 0 Å². The molecule has 44 valence electrons. The first-order valence-corrected chi connectivity index (χ1v) is 2.76. The van der Waals surface area contributed by atoms with Crippen LogP contribution in [0, 0.1) is 11.8 Å². The fraction of sp³-hybridized carbons (Fsp3) is 0.125. The van der Waals surface area contributed by atoms with E-state index >= 15 is 0 Å². The Balaban J connectivity index is 2.94. The average Bonchev–Trinajstić information content (AvgIpc) is 1.91. The zero-order valence-electron chi connectivity index (χ0n) is 5.26. The molecule has 0 saturated heterocycles. The molecule has 0 aliphatic carbocycles. The normalized spacial score (nSPS) is 7.67. The maximum atomic E-state index is 3.90. The van der Waals surface area contributed by atoms with Crippen LogP contribution in [0.1, 0.15) is 12.5 Å². The van der Waals surface area contributed by atoms with Crippen LogP contribution >= 0.6 is 0 Å². The molecule has 0 bridgehead atoms. The van der Waals surface area contributed by atoms with E-state index in [1.807, 2.05) is 19.1 Å². The van der Waals surface area contributed by atoms with Crippen LogP contribution in [-0.4, -0.2) is 4.98 Å². The molecule has 0 unspecified atom stereocenters. The first kappa shape index (κ1) is 5.84. The van der Waals surface area contributed by atoms with Gasteiger partial charge in [-0.2, -0.15) is 0 Å². The van der Waals surface area contributed by atoms with Crippen molar-refractivity contribution in [2.45, 2.75) is 6.92 Å². The molecule has 1 aromatic heterocycles.